The molecule has 38 heavy (non-hydrogen) atoms. The zero-order valence-corrected chi connectivity index (χ0v) is 22.2. The van der Waals surface area contributed by atoms with E-state index in [4.69, 9.17) is 0 Å². The number of fused-ring (bicyclic) bond motifs is 1. The molecule has 5 rings (SSSR count). The van der Waals surface area contributed by atoms with E-state index in [1.807, 2.05) is 11.9 Å². The van der Waals surface area contributed by atoms with E-state index in [-0.39, 0.29) is 17.9 Å². The molecule has 0 unspecified atom stereocenters. The number of hydrogen-bond acceptors (Lipinski definition) is 9. The number of nitrogens with zero attached hydrogens (tertiary/aromatic N) is 5. The molecule has 0 bridgehead atoms. The van der Waals surface area contributed by atoms with E-state index in [9.17, 15) is 26.7 Å². The molecular formula is C25H24F3N5O3S2. The molecule has 0 aliphatic carbocycles. The van der Waals surface area contributed by atoms with Gasteiger partial charge in [0.1, 0.15) is 0 Å². The van der Waals surface area contributed by atoms with Gasteiger partial charge in [0.15, 0.2) is 15.0 Å². The Morgan fingerprint density at radius 1 is 1.11 bits per heavy atom. The molecular weight excluding hydrogens is 539 g/mol. The SMILES string of the molecule is CN1CCN(c2nc(O)c(C(Cc3ccc(S(C)(=O)=O)cc3C(F)(F)F)=c3ccc4c(c3)C=NN=4)s2)CC1. The summed E-state index contributed by atoms with van der Waals surface area (Å²) in [6.07, 6.45) is -2.58. The van der Waals surface area contributed by atoms with Crippen LogP contribution >= 0.6 is 11.3 Å². The van der Waals surface area contributed by atoms with Crippen molar-refractivity contribution < 1.29 is 26.7 Å². The molecule has 2 aliphatic heterocycles. The predicted octanol–water partition coefficient (Wildman–Crippen LogP) is 2.43. The Morgan fingerprint density at radius 2 is 1.84 bits per heavy atom. The molecule has 8 nitrogen and oxygen atoms in total. The number of aromatic hydroxyl groups is 1. The van der Waals surface area contributed by atoms with Crippen LogP contribution in [0.15, 0.2) is 51.5 Å². The van der Waals surface area contributed by atoms with Gasteiger partial charge in [0.05, 0.1) is 26.9 Å². The fraction of sp³-hybridized carbons (Fsp3) is 0.320. The van der Waals surface area contributed by atoms with Crippen molar-refractivity contribution in [1.29, 1.82) is 0 Å². The molecule has 0 saturated carbocycles. The number of halogens is 3. The summed E-state index contributed by atoms with van der Waals surface area (Å²) in [5.41, 5.74) is -0.0282. The Hall–Kier alpha value is -3.29. The van der Waals surface area contributed by atoms with Crippen LogP contribution in [0.3, 0.4) is 0 Å². The van der Waals surface area contributed by atoms with E-state index >= 15 is 0 Å². The zero-order valence-electron chi connectivity index (χ0n) is 20.5. The summed E-state index contributed by atoms with van der Waals surface area (Å²) in [5, 5.41) is 20.6. The van der Waals surface area contributed by atoms with Gasteiger partial charge in [-0.05, 0) is 47.7 Å². The summed E-state index contributed by atoms with van der Waals surface area (Å²) in [6, 6.07) is 8.22. The molecule has 2 aliphatic rings. The smallest absolute Gasteiger partial charge is 0.416 e. The summed E-state index contributed by atoms with van der Waals surface area (Å²) in [6.45, 7) is 3.06. The number of aromatic nitrogens is 1. The third-order valence-corrected chi connectivity index (χ3v) is 8.84. The van der Waals surface area contributed by atoms with E-state index in [2.05, 4.69) is 20.1 Å². The van der Waals surface area contributed by atoms with Gasteiger partial charge < -0.3 is 14.9 Å². The van der Waals surface area contributed by atoms with Crippen molar-refractivity contribution in [3.8, 4) is 5.88 Å². The molecule has 200 valence electrons. The van der Waals surface area contributed by atoms with Gasteiger partial charge in [0.25, 0.3) is 0 Å². The molecule has 3 aromatic rings. The first-order valence-corrected chi connectivity index (χ1v) is 14.4. The summed E-state index contributed by atoms with van der Waals surface area (Å²) < 4.78 is 66.3. The summed E-state index contributed by atoms with van der Waals surface area (Å²) >= 11 is 1.22. The maximum Gasteiger partial charge on any atom is 0.416 e. The number of rotatable bonds is 5. The van der Waals surface area contributed by atoms with Crippen molar-refractivity contribution in [2.45, 2.75) is 17.5 Å². The minimum absolute atomic E-state index is 0.118. The van der Waals surface area contributed by atoms with Crippen molar-refractivity contribution in [3.63, 3.8) is 0 Å². The Morgan fingerprint density at radius 3 is 2.53 bits per heavy atom. The Bertz CT molecular complexity index is 1660. The molecule has 0 radical (unpaired) electrons. The fourth-order valence-electron chi connectivity index (χ4n) is 4.43. The molecule has 3 heterocycles. The Balaban J connectivity index is 1.67. The van der Waals surface area contributed by atoms with Crippen molar-refractivity contribution in [1.82, 2.24) is 9.88 Å². The maximum atomic E-state index is 14.1. The molecule has 0 atom stereocenters. The lowest BCUT2D eigenvalue weighted by molar-refractivity contribution is -0.138. The van der Waals surface area contributed by atoms with Crippen molar-refractivity contribution >= 4 is 38.1 Å². The van der Waals surface area contributed by atoms with Gasteiger partial charge in [-0.15, -0.1) is 0 Å². The first-order valence-electron chi connectivity index (χ1n) is 11.7. The number of benzene rings is 2. The van der Waals surface area contributed by atoms with E-state index in [0.29, 0.717) is 50.9 Å². The molecule has 0 amide bonds. The number of likely N-dealkylation sites (N-methyl/N-ethyl adjacent to an activating group) is 1. The number of piperazine rings is 1. The normalized spacial score (nSPS) is 16.9. The summed E-state index contributed by atoms with van der Waals surface area (Å²) in [4.78, 5) is 8.51. The molecule has 1 aromatic heterocycles. The van der Waals surface area contributed by atoms with Crippen LogP contribution in [-0.2, 0) is 22.4 Å². The van der Waals surface area contributed by atoms with Crippen molar-refractivity contribution in [3.05, 3.63) is 68.5 Å². The molecule has 1 fully saturated rings. The average molecular weight is 564 g/mol. The highest BCUT2D eigenvalue weighted by Gasteiger charge is 2.35. The first kappa shape index (κ1) is 26.3. The first-order chi connectivity index (χ1) is 17.9. The van der Waals surface area contributed by atoms with Crippen LogP contribution in [0.25, 0.3) is 5.57 Å². The average Bonchev–Trinajstić information content (AvgIpc) is 3.48. The molecule has 1 saturated heterocycles. The summed E-state index contributed by atoms with van der Waals surface area (Å²) in [5.74, 6) is -0.265. The van der Waals surface area contributed by atoms with Gasteiger partial charge in [0.2, 0.25) is 5.88 Å². The monoisotopic (exact) mass is 563 g/mol. The zero-order chi connectivity index (χ0) is 27.2. The minimum atomic E-state index is -4.79. The van der Waals surface area contributed by atoms with Crippen LogP contribution in [0.4, 0.5) is 18.3 Å². The van der Waals surface area contributed by atoms with Gasteiger partial charge in [-0.3, -0.25) is 0 Å². The lowest BCUT2D eigenvalue weighted by atomic mass is 9.96. The highest BCUT2D eigenvalue weighted by Crippen LogP contribution is 2.39. The van der Waals surface area contributed by atoms with Crippen LogP contribution in [-0.4, -0.2) is 69.1 Å². The Kier molecular flexibility index (Phi) is 6.78. The van der Waals surface area contributed by atoms with Gasteiger partial charge in [-0.25, -0.2) is 8.42 Å². The van der Waals surface area contributed by atoms with Crippen LogP contribution in [0.1, 0.15) is 21.6 Å². The highest BCUT2D eigenvalue weighted by atomic mass is 32.2. The van der Waals surface area contributed by atoms with Crippen molar-refractivity contribution in [2.75, 3.05) is 44.4 Å². The second kappa shape index (κ2) is 9.79. The summed E-state index contributed by atoms with van der Waals surface area (Å²) in [7, 11) is -1.83. The fourth-order valence-corrected chi connectivity index (χ4v) is 6.15. The van der Waals surface area contributed by atoms with Crippen LogP contribution < -0.4 is 15.5 Å². The Labute approximate surface area is 221 Å². The topological polar surface area (TPSA) is 98.5 Å². The molecule has 2 aromatic carbocycles. The van der Waals surface area contributed by atoms with Gasteiger partial charge in [0, 0.05) is 44.4 Å². The second-order valence-corrected chi connectivity index (χ2v) is 12.3. The standard InChI is InChI=1S/C25H24F3N5O3S2/c1-32-7-9-33(10-8-32)24-30-23(34)22(37-24)19(15-4-6-21-17(11-15)14-29-31-21)12-16-3-5-18(38(2,35)36)13-20(16)25(26,27)28/h3-6,11,13-14,34H,7-10,12H2,1-2H3. The number of thiazole rings is 1. The quantitative estimate of drug-likeness (QED) is 0.512. The number of hydrogen-bond donors (Lipinski definition) is 1. The third-order valence-electron chi connectivity index (χ3n) is 6.57. The number of alkyl halides is 3. The van der Waals surface area contributed by atoms with Crippen LogP contribution in [0.2, 0.25) is 0 Å². The number of sulfone groups is 1. The van der Waals surface area contributed by atoms with Crippen molar-refractivity contribution in [2.24, 2.45) is 10.2 Å². The molecule has 0 spiro atoms. The van der Waals surface area contributed by atoms with E-state index in [1.54, 1.807) is 24.4 Å². The van der Waals surface area contributed by atoms with Gasteiger partial charge >= 0.3 is 6.18 Å². The lowest BCUT2D eigenvalue weighted by Gasteiger charge is -2.31. The van der Waals surface area contributed by atoms with E-state index in [1.165, 1.54) is 23.5 Å². The largest absolute Gasteiger partial charge is 0.492 e. The maximum absolute atomic E-state index is 14.1. The van der Waals surface area contributed by atoms with E-state index < -0.39 is 26.5 Å². The third kappa shape index (κ3) is 5.31. The van der Waals surface area contributed by atoms with Crippen LogP contribution in [0.5, 0.6) is 5.88 Å². The lowest BCUT2D eigenvalue weighted by Crippen LogP contribution is -2.44. The van der Waals surface area contributed by atoms with E-state index in [0.717, 1.165) is 19.3 Å². The minimum Gasteiger partial charge on any atom is -0.492 e. The predicted molar refractivity (Wildman–Crippen MR) is 139 cm³/mol. The number of anilines is 1. The van der Waals surface area contributed by atoms with Gasteiger partial charge in [-0.1, -0.05) is 23.5 Å². The molecule has 13 heteroatoms. The highest BCUT2D eigenvalue weighted by molar-refractivity contribution is 7.90. The second-order valence-electron chi connectivity index (χ2n) is 9.30. The van der Waals surface area contributed by atoms with Crippen LogP contribution in [0, 0.1) is 0 Å². The van der Waals surface area contributed by atoms with Gasteiger partial charge in [-0.2, -0.15) is 28.4 Å². The molecule has 1 N–H and O–H groups in total.